The first-order valence-electron chi connectivity index (χ1n) is 14.3. The Morgan fingerprint density at radius 2 is 1.56 bits per heavy atom. The molecule has 0 aliphatic rings. The van der Waals surface area contributed by atoms with Crippen LogP contribution in [0.4, 0.5) is 5.69 Å². The van der Waals surface area contributed by atoms with Crippen molar-refractivity contribution in [2.24, 2.45) is 0 Å². The van der Waals surface area contributed by atoms with Gasteiger partial charge in [0.05, 0.1) is 26.3 Å². The van der Waals surface area contributed by atoms with Crippen LogP contribution < -0.4 is 25.1 Å². The summed E-state index contributed by atoms with van der Waals surface area (Å²) in [5.74, 6) is -0.269. The number of aromatic hydroxyl groups is 2. The van der Waals surface area contributed by atoms with Crippen LogP contribution in [0.1, 0.15) is 70.8 Å². The number of carbonyl (C=O) groups is 1. The molecule has 3 N–H and O–H groups in total. The molecule has 0 radical (unpaired) electrons. The van der Waals surface area contributed by atoms with Crippen LogP contribution in [0.25, 0.3) is 17.0 Å². The number of rotatable bonds is 16. The van der Waals surface area contributed by atoms with Crippen LogP contribution >= 0.6 is 0 Å². The molecule has 0 aliphatic carbocycles. The number of fused-ring (bicyclic) bond motifs is 1. The van der Waals surface area contributed by atoms with Gasteiger partial charge in [0, 0.05) is 23.7 Å². The van der Waals surface area contributed by atoms with Gasteiger partial charge in [0.2, 0.25) is 17.4 Å². The van der Waals surface area contributed by atoms with Gasteiger partial charge in [-0.05, 0) is 54.8 Å². The maximum atomic E-state index is 13.2. The second kappa shape index (κ2) is 15.6. The highest BCUT2D eigenvalue weighted by atomic mass is 16.5. The van der Waals surface area contributed by atoms with Gasteiger partial charge in [0.15, 0.2) is 17.2 Å². The molecule has 0 unspecified atom stereocenters. The zero-order valence-electron chi connectivity index (χ0n) is 24.5. The van der Waals surface area contributed by atoms with Crippen LogP contribution in [-0.2, 0) is 11.3 Å². The van der Waals surface area contributed by atoms with E-state index in [-0.39, 0.29) is 28.7 Å². The summed E-state index contributed by atoms with van der Waals surface area (Å²) in [7, 11) is 2.86. The van der Waals surface area contributed by atoms with Crippen molar-refractivity contribution in [3.05, 3.63) is 52.3 Å². The first-order chi connectivity index (χ1) is 19.8. The van der Waals surface area contributed by atoms with Gasteiger partial charge in [0.1, 0.15) is 0 Å². The van der Waals surface area contributed by atoms with E-state index in [1.165, 1.54) is 20.3 Å². The number of phenols is 1. The van der Waals surface area contributed by atoms with Crippen molar-refractivity contribution in [1.82, 2.24) is 4.57 Å². The molecular formula is C32H42N2O7. The lowest BCUT2D eigenvalue weighted by Crippen LogP contribution is -2.21. The molecule has 0 spiro atoms. The molecule has 2 aromatic carbocycles. The minimum Gasteiger partial charge on any atom is -0.502 e. The number of nitrogens with zero attached hydrogens (tertiary/aromatic N) is 1. The Morgan fingerprint density at radius 3 is 2.20 bits per heavy atom. The highest BCUT2D eigenvalue weighted by Crippen LogP contribution is 2.37. The van der Waals surface area contributed by atoms with E-state index in [1.54, 1.807) is 41.0 Å². The molecule has 0 aliphatic heterocycles. The van der Waals surface area contributed by atoms with Crippen molar-refractivity contribution < 1.29 is 29.2 Å². The molecule has 0 saturated heterocycles. The third kappa shape index (κ3) is 8.19. The summed E-state index contributed by atoms with van der Waals surface area (Å²) in [6.07, 6.45) is 10.9. The van der Waals surface area contributed by atoms with Crippen LogP contribution in [0, 0.1) is 0 Å². The fourth-order valence-electron chi connectivity index (χ4n) is 4.62. The van der Waals surface area contributed by atoms with Crippen LogP contribution in [0.15, 0.2) is 41.2 Å². The highest BCUT2D eigenvalue weighted by Gasteiger charge is 2.18. The summed E-state index contributed by atoms with van der Waals surface area (Å²) in [6.45, 7) is 5.10. The number of carbonyl (C=O) groups excluding carboxylic acids is 1. The lowest BCUT2D eigenvalue weighted by atomic mass is 10.1. The summed E-state index contributed by atoms with van der Waals surface area (Å²) in [5.41, 5.74) is 1.18. The van der Waals surface area contributed by atoms with Crippen molar-refractivity contribution in [1.29, 1.82) is 0 Å². The topological polar surface area (TPSA) is 119 Å². The van der Waals surface area contributed by atoms with E-state index in [9.17, 15) is 19.8 Å². The number of ether oxygens (including phenoxy) is 3. The van der Waals surface area contributed by atoms with Crippen LogP contribution in [-0.4, -0.2) is 41.5 Å². The Labute approximate surface area is 241 Å². The molecule has 0 atom stereocenters. The SMILES string of the molecule is CCCCCCOc1c(O)c(=O)n(CCCCCC)c2cc(NC(=O)C=Cc3cc(OC)c(O)c(OC)c3)ccc12. The van der Waals surface area contributed by atoms with E-state index in [0.29, 0.717) is 35.3 Å². The Morgan fingerprint density at radius 1 is 0.902 bits per heavy atom. The van der Waals surface area contributed by atoms with Crippen LogP contribution in [0.2, 0.25) is 0 Å². The van der Waals surface area contributed by atoms with Gasteiger partial charge in [-0.15, -0.1) is 0 Å². The summed E-state index contributed by atoms with van der Waals surface area (Å²) < 4.78 is 17.8. The molecule has 1 aromatic heterocycles. The average Bonchev–Trinajstić information content (AvgIpc) is 2.97. The lowest BCUT2D eigenvalue weighted by Gasteiger charge is -2.17. The summed E-state index contributed by atoms with van der Waals surface area (Å²) in [5, 5.41) is 24.4. The summed E-state index contributed by atoms with van der Waals surface area (Å²) in [4.78, 5) is 26.0. The van der Waals surface area contributed by atoms with Gasteiger partial charge < -0.3 is 34.3 Å². The number of hydrogen-bond donors (Lipinski definition) is 3. The number of anilines is 1. The van der Waals surface area contributed by atoms with Gasteiger partial charge >= 0.3 is 0 Å². The molecule has 3 aromatic rings. The van der Waals surface area contributed by atoms with E-state index in [2.05, 4.69) is 19.2 Å². The molecule has 3 rings (SSSR count). The predicted octanol–water partition coefficient (Wildman–Crippen LogP) is 6.62. The van der Waals surface area contributed by atoms with Crippen molar-refractivity contribution in [2.45, 2.75) is 71.8 Å². The van der Waals surface area contributed by atoms with Gasteiger partial charge in [-0.25, -0.2) is 0 Å². The van der Waals surface area contributed by atoms with E-state index in [0.717, 1.165) is 51.4 Å². The van der Waals surface area contributed by atoms with Gasteiger partial charge in [-0.1, -0.05) is 52.4 Å². The van der Waals surface area contributed by atoms with Gasteiger partial charge in [-0.2, -0.15) is 0 Å². The summed E-state index contributed by atoms with van der Waals surface area (Å²) in [6, 6.07) is 8.39. The molecule has 1 amide bonds. The van der Waals surface area contributed by atoms with E-state index in [1.807, 2.05) is 0 Å². The number of hydrogen-bond acceptors (Lipinski definition) is 7. The summed E-state index contributed by atoms with van der Waals surface area (Å²) >= 11 is 0. The zero-order chi connectivity index (χ0) is 29.8. The molecule has 222 valence electrons. The Kier molecular flexibility index (Phi) is 11.9. The fourth-order valence-corrected chi connectivity index (χ4v) is 4.62. The first kappa shape index (κ1) is 31.4. The quantitative estimate of drug-likeness (QED) is 0.132. The van der Waals surface area contributed by atoms with Gasteiger partial charge in [-0.3, -0.25) is 9.59 Å². The smallest absolute Gasteiger partial charge is 0.297 e. The number of benzene rings is 2. The normalized spacial score (nSPS) is 11.2. The maximum Gasteiger partial charge on any atom is 0.297 e. The van der Waals surface area contributed by atoms with E-state index in [4.69, 9.17) is 14.2 Å². The molecule has 0 bridgehead atoms. The van der Waals surface area contributed by atoms with Crippen molar-refractivity contribution in [2.75, 3.05) is 26.1 Å². The van der Waals surface area contributed by atoms with Crippen LogP contribution in [0.5, 0.6) is 28.7 Å². The van der Waals surface area contributed by atoms with E-state index >= 15 is 0 Å². The molecule has 41 heavy (non-hydrogen) atoms. The van der Waals surface area contributed by atoms with Gasteiger partial charge in [0.25, 0.3) is 5.56 Å². The molecule has 9 heteroatoms. The number of aromatic nitrogens is 1. The van der Waals surface area contributed by atoms with Crippen molar-refractivity contribution in [3.63, 3.8) is 0 Å². The second-order valence-corrected chi connectivity index (χ2v) is 9.93. The third-order valence-electron chi connectivity index (χ3n) is 6.87. The average molecular weight is 567 g/mol. The highest BCUT2D eigenvalue weighted by molar-refractivity contribution is 6.03. The molecule has 0 fully saturated rings. The number of pyridine rings is 1. The molecule has 1 heterocycles. The number of unbranched alkanes of at least 4 members (excludes halogenated alkanes) is 6. The molecular weight excluding hydrogens is 524 g/mol. The Balaban J connectivity index is 1.90. The second-order valence-electron chi connectivity index (χ2n) is 9.93. The monoisotopic (exact) mass is 566 g/mol. The largest absolute Gasteiger partial charge is 0.502 e. The lowest BCUT2D eigenvalue weighted by molar-refractivity contribution is -0.111. The molecule has 9 nitrogen and oxygen atoms in total. The Hall–Kier alpha value is -4.14. The number of aryl methyl sites for hydroxylation is 1. The standard InChI is InChI=1S/C32H42N2O7/c1-5-7-9-11-17-34-25-21-23(14-15-24(25)31(30(37)32(34)38)41-18-12-10-8-6-2)33-28(35)16-13-22-19-26(39-3)29(36)27(20-22)40-4/h13-16,19-21,36-37H,5-12,17-18H2,1-4H3,(H,33,35). The van der Waals surface area contributed by atoms with Crippen LogP contribution in [0.3, 0.4) is 0 Å². The van der Waals surface area contributed by atoms with Crippen molar-refractivity contribution in [3.8, 4) is 28.7 Å². The van der Waals surface area contributed by atoms with E-state index < -0.39 is 11.5 Å². The minimum absolute atomic E-state index is 0.121. The number of amides is 1. The minimum atomic E-state index is -0.504. The number of nitrogens with one attached hydrogen (secondary N) is 1. The fraction of sp³-hybridized carbons (Fsp3) is 0.438. The maximum absolute atomic E-state index is 13.2. The molecule has 0 saturated carbocycles. The predicted molar refractivity (Wildman–Crippen MR) is 163 cm³/mol. The number of methoxy groups -OCH3 is 2. The van der Waals surface area contributed by atoms with Crippen molar-refractivity contribution >= 4 is 28.6 Å². The first-order valence-corrected chi connectivity index (χ1v) is 14.3. The zero-order valence-corrected chi connectivity index (χ0v) is 24.5. The number of phenolic OH excluding ortho intramolecular Hbond substituents is 1. The third-order valence-corrected chi connectivity index (χ3v) is 6.87. The Bertz CT molecular complexity index is 1390.